The molecule has 0 radical (unpaired) electrons. The Balaban J connectivity index is 2.52. The van der Waals surface area contributed by atoms with Crippen molar-refractivity contribution >= 4 is 29.2 Å². The Hall–Kier alpha value is -1.55. The van der Waals surface area contributed by atoms with E-state index in [1.54, 1.807) is 24.3 Å². The summed E-state index contributed by atoms with van der Waals surface area (Å²) >= 11 is 5.80. The average Bonchev–Trinajstić information content (AvgIpc) is 2.18. The molecule has 1 aromatic rings. The van der Waals surface area contributed by atoms with E-state index in [0.717, 1.165) is 0 Å². The number of amides is 1. The van der Waals surface area contributed by atoms with Crippen molar-refractivity contribution in [2.24, 2.45) is 0 Å². The quantitative estimate of drug-likeness (QED) is 0.828. The maximum atomic E-state index is 11.2. The highest BCUT2D eigenvalue weighted by atomic mass is 35.5. The summed E-state index contributed by atoms with van der Waals surface area (Å²) in [6, 6.07) is 6.78. The van der Waals surface area contributed by atoms with Crippen molar-refractivity contribution in [3.05, 3.63) is 29.3 Å². The fourth-order valence-electron chi connectivity index (χ4n) is 0.996. The third-order valence-corrected chi connectivity index (χ3v) is 2.04. The van der Waals surface area contributed by atoms with Crippen molar-refractivity contribution in [3.8, 4) is 0 Å². The minimum Gasteiger partial charge on any atom is -0.481 e. The molecule has 0 saturated heterocycles. The number of carbonyl (C=O) groups excluding carboxylic acids is 1. The molecular formula is C10H10ClNO3. The Morgan fingerprint density at radius 3 is 2.53 bits per heavy atom. The molecule has 0 saturated carbocycles. The summed E-state index contributed by atoms with van der Waals surface area (Å²) in [5, 5.41) is 11.3. The van der Waals surface area contributed by atoms with Crippen molar-refractivity contribution in [1.29, 1.82) is 0 Å². The number of carboxylic acid groups (broad SMARTS) is 1. The molecule has 0 heterocycles. The van der Waals surface area contributed by atoms with E-state index in [1.165, 1.54) is 0 Å². The van der Waals surface area contributed by atoms with Gasteiger partial charge in [0.05, 0.1) is 17.1 Å². The highest BCUT2D eigenvalue weighted by Crippen LogP contribution is 2.20. The van der Waals surface area contributed by atoms with Gasteiger partial charge in [0.25, 0.3) is 0 Å². The molecule has 0 aliphatic heterocycles. The van der Waals surface area contributed by atoms with Crippen molar-refractivity contribution < 1.29 is 14.7 Å². The summed E-state index contributed by atoms with van der Waals surface area (Å²) in [6.07, 6.45) is -0.239. The average molecular weight is 228 g/mol. The number of rotatable bonds is 4. The lowest BCUT2D eigenvalue weighted by molar-refractivity contribution is -0.138. The van der Waals surface area contributed by atoms with E-state index < -0.39 is 5.97 Å². The van der Waals surface area contributed by atoms with Crippen LogP contribution in [0.1, 0.15) is 12.8 Å². The zero-order chi connectivity index (χ0) is 11.3. The van der Waals surface area contributed by atoms with Gasteiger partial charge >= 0.3 is 5.97 Å². The van der Waals surface area contributed by atoms with Crippen LogP contribution in [0.15, 0.2) is 24.3 Å². The van der Waals surface area contributed by atoms with Crippen LogP contribution in [0.4, 0.5) is 5.69 Å². The van der Waals surface area contributed by atoms with E-state index in [9.17, 15) is 9.59 Å². The first-order valence-electron chi connectivity index (χ1n) is 4.36. The number of carbonyl (C=O) groups is 2. The molecule has 2 N–H and O–H groups in total. The summed E-state index contributed by atoms with van der Waals surface area (Å²) in [7, 11) is 0. The summed E-state index contributed by atoms with van der Waals surface area (Å²) in [5.41, 5.74) is 0.495. The van der Waals surface area contributed by atoms with Crippen LogP contribution in [0, 0.1) is 0 Å². The SMILES string of the molecule is O=C(O)CCC(=O)Nc1ccccc1Cl. The Kier molecular flexibility index (Phi) is 4.12. The molecule has 0 atom stereocenters. The monoisotopic (exact) mass is 227 g/mol. The van der Waals surface area contributed by atoms with E-state index in [-0.39, 0.29) is 18.7 Å². The van der Waals surface area contributed by atoms with Gasteiger partial charge in [-0.2, -0.15) is 0 Å². The lowest BCUT2D eigenvalue weighted by atomic mass is 10.2. The molecule has 0 aromatic heterocycles. The Bertz CT molecular complexity index is 379. The van der Waals surface area contributed by atoms with Crippen LogP contribution in [-0.4, -0.2) is 17.0 Å². The van der Waals surface area contributed by atoms with Gasteiger partial charge in [-0.15, -0.1) is 0 Å². The van der Waals surface area contributed by atoms with Gasteiger partial charge in [0.2, 0.25) is 5.91 Å². The number of anilines is 1. The second kappa shape index (κ2) is 5.36. The van der Waals surface area contributed by atoms with Crippen LogP contribution in [0.3, 0.4) is 0 Å². The third-order valence-electron chi connectivity index (χ3n) is 1.71. The molecule has 1 rings (SSSR count). The zero-order valence-electron chi connectivity index (χ0n) is 7.87. The second-order valence-corrected chi connectivity index (χ2v) is 3.33. The number of halogens is 1. The van der Waals surface area contributed by atoms with Crippen molar-refractivity contribution in [1.82, 2.24) is 0 Å². The fourth-order valence-corrected chi connectivity index (χ4v) is 1.18. The maximum absolute atomic E-state index is 11.2. The predicted molar refractivity (Wildman–Crippen MR) is 57.0 cm³/mol. The molecule has 1 amide bonds. The molecule has 0 unspecified atom stereocenters. The van der Waals surface area contributed by atoms with E-state index >= 15 is 0 Å². The molecule has 0 fully saturated rings. The lowest BCUT2D eigenvalue weighted by Gasteiger charge is -2.05. The summed E-state index contributed by atoms with van der Waals surface area (Å²) in [5.74, 6) is -1.35. The summed E-state index contributed by atoms with van der Waals surface area (Å²) in [6.45, 7) is 0. The molecular weight excluding hydrogens is 218 g/mol. The van der Waals surface area contributed by atoms with Crippen LogP contribution in [-0.2, 0) is 9.59 Å². The van der Waals surface area contributed by atoms with Crippen molar-refractivity contribution in [2.75, 3.05) is 5.32 Å². The molecule has 15 heavy (non-hydrogen) atoms. The van der Waals surface area contributed by atoms with E-state index in [0.29, 0.717) is 10.7 Å². The Labute approximate surface area is 91.9 Å². The minimum absolute atomic E-state index is 0.0550. The van der Waals surface area contributed by atoms with Crippen LogP contribution in [0.2, 0.25) is 5.02 Å². The number of aliphatic carboxylic acids is 1. The van der Waals surface area contributed by atoms with E-state index in [2.05, 4.69) is 5.32 Å². The number of para-hydroxylation sites is 1. The lowest BCUT2D eigenvalue weighted by Crippen LogP contribution is -2.13. The van der Waals surface area contributed by atoms with Gasteiger partial charge in [-0.05, 0) is 12.1 Å². The molecule has 80 valence electrons. The number of hydrogen-bond donors (Lipinski definition) is 2. The molecule has 0 aliphatic rings. The first-order valence-corrected chi connectivity index (χ1v) is 4.73. The zero-order valence-corrected chi connectivity index (χ0v) is 8.62. The fraction of sp³-hybridized carbons (Fsp3) is 0.200. The van der Waals surface area contributed by atoms with Gasteiger partial charge in [-0.25, -0.2) is 0 Å². The normalized spacial score (nSPS) is 9.67. The molecule has 0 spiro atoms. The van der Waals surface area contributed by atoms with Gasteiger partial charge in [0.15, 0.2) is 0 Å². The van der Waals surface area contributed by atoms with Gasteiger partial charge in [-0.3, -0.25) is 9.59 Å². The highest BCUT2D eigenvalue weighted by molar-refractivity contribution is 6.33. The molecule has 4 nitrogen and oxygen atoms in total. The second-order valence-electron chi connectivity index (χ2n) is 2.92. The summed E-state index contributed by atoms with van der Waals surface area (Å²) in [4.78, 5) is 21.5. The standard InChI is InChI=1S/C10H10ClNO3/c11-7-3-1-2-4-8(7)12-9(13)5-6-10(14)15/h1-4H,5-6H2,(H,12,13)(H,14,15). The van der Waals surface area contributed by atoms with Crippen LogP contribution in [0.5, 0.6) is 0 Å². The Morgan fingerprint density at radius 1 is 1.27 bits per heavy atom. The van der Waals surface area contributed by atoms with E-state index in [4.69, 9.17) is 16.7 Å². The molecule has 0 bridgehead atoms. The summed E-state index contributed by atoms with van der Waals surface area (Å²) < 4.78 is 0. The number of carboxylic acids is 1. The number of hydrogen-bond acceptors (Lipinski definition) is 2. The van der Waals surface area contributed by atoms with Crippen molar-refractivity contribution in [3.63, 3.8) is 0 Å². The van der Waals surface area contributed by atoms with Gasteiger partial charge in [-0.1, -0.05) is 23.7 Å². The van der Waals surface area contributed by atoms with Gasteiger partial charge in [0, 0.05) is 6.42 Å². The first kappa shape index (κ1) is 11.5. The van der Waals surface area contributed by atoms with Crippen LogP contribution >= 0.6 is 11.6 Å². The molecule has 5 heteroatoms. The number of benzene rings is 1. The predicted octanol–water partition coefficient (Wildman–Crippen LogP) is 2.14. The smallest absolute Gasteiger partial charge is 0.303 e. The largest absolute Gasteiger partial charge is 0.481 e. The maximum Gasteiger partial charge on any atom is 0.303 e. The first-order chi connectivity index (χ1) is 7.09. The van der Waals surface area contributed by atoms with Gasteiger partial charge < -0.3 is 10.4 Å². The van der Waals surface area contributed by atoms with E-state index in [1.807, 2.05) is 0 Å². The Morgan fingerprint density at radius 2 is 1.93 bits per heavy atom. The molecule has 0 aliphatic carbocycles. The highest BCUT2D eigenvalue weighted by Gasteiger charge is 2.07. The minimum atomic E-state index is -0.996. The van der Waals surface area contributed by atoms with Crippen LogP contribution in [0.25, 0.3) is 0 Å². The third kappa shape index (κ3) is 3.99. The van der Waals surface area contributed by atoms with Crippen molar-refractivity contribution in [2.45, 2.75) is 12.8 Å². The number of nitrogens with one attached hydrogen (secondary N) is 1. The molecule has 1 aromatic carbocycles. The van der Waals surface area contributed by atoms with Gasteiger partial charge in [0.1, 0.15) is 0 Å². The topological polar surface area (TPSA) is 66.4 Å². The van der Waals surface area contributed by atoms with Crippen LogP contribution < -0.4 is 5.32 Å².